The largest absolute Gasteiger partial charge is 0.349 e. The summed E-state index contributed by atoms with van der Waals surface area (Å²) < 4.78 is 26.6. The lowest BCUT2D eigenvalue weighted by Crippen LogP contribution is -2.65. The summed E-state index contributed by atoms with van der Waals surface area (Å²) in [7, 11) is 0. The number of carbonyl (C=O) groups is 3. The van der Waals surface area contributed by atoms with E-state index in [2.05, 4.69) is 10.3 Å². The van der Waals surface area contributed by atoms with Crippen LogP contribution < -0.4 is 10.2 Å². The zero-order valence-electron chi connectivity index (χ0n) is 20.6. The van der Waals surface area contributed by atoms with Gasteiger partial charge in [-0.3, -0.25) is 19.4 Å². The molecule has 1 aromatic heterocycles. The Bertz CT molecular complexity index is 1230. The molecular formula is C27H29ClF2N4O3. The van der Waals surface area contributed by atoms with Crippen molar-refractivity contribution in [2.75, 3.05) is 24.5 Å². The molecule has 0 bridgehead atoms. The Morgan fingerprint density at radius 2 is 1.89 bits per heavy atom. The average molecular weight is 531 g/mol. The number of aromatic nitrogens is 1. The van der Waals surface area contributed by atoms with E-state index in [0.29, 0.717) is 38.9 Å². The Labute approximate surface area is 219 Å². The number of hydrogen-bond acceptors (Lipinski definition) is 4. The highest BCUT2D eigenvalue weighted by Gasteiger charge is 2.58. The molecular weight excluding hydrogens is 502 g/mol. The van der Waals surface area contributed by atoms with Gasteiger partial charge in [0.15, 0.2) is 0 Å². The Balaban J connectivity index is 1.21. The van der Waals surface area contributed by atoms with E-state index in [0.717, 1.165) is 30.3 Å². The molecule has 1 spiro atoms. The number of amides is 3. The number of nitrogens with zero attached hydrogens (tertiary/aromatic N) is 3. The number of nitrogens with one attached hydrogen (secondary N) is 1. The Kier molecular flexibility index (Phi) is 6.91. The molecule has 0 radical (unpaired) electrons. The van der Waals surface area contributed by atoms with Crippen LogP contribution in [0.2, 0.25) is 5.02 Å². The van der Waals surface area contributed by atoms with Crippen molar-refractivity contribution in [1.82, 2.24) is 15.2 Å². The summed E-state index contributed by atoms with van der Waals surface area (Å²) in [5.41, 5.74) is 0.474. The minimum absolute atomic E-state index is 0.0530. The molecule has 3 heterocycles. The number of likely N-dealkylation sites (tertiary alicyclic amines) is 1. The van der Waals surface area contributed by atoms with Gasteiger partial charge in [0.05, 0.1) is 10.6 Å². The second kappa shape index (κ2) is 10.0. The van der Waals surface area contributed by atoms with Crippen LogP contribution in [0.1, 0.15) is 67.1 Å². The first-order chi connectivity index (χ1) is 17.7. The van der Waals surface area contributed by atoms with Crippen molar-refractivity contribution < 1.29 is 23.2 Å². The Morgan fingerprint density at radius 3 is 2.57 bits per heavy atom. The van der Waals surface area contributed by atoms with Crippen LogP contribution in [0.5, 0.6) is 0 Å². The summed E-state index contributed by atoms with van der Waals surface area (Å²) in [6.45, 7) is 3.24. The van der Waals surface area contributed by atoms with Crippen LogP contribution in [0.25, 0.3) is 0 Å². The van der Waals surface area contributed by atoms with Gasteiger partial charge >= 0.3 is 0 Å². The molecule has 3 amide bonds. The van der Waals surface area contributed by atoms with Crippen LogP contribution in [0.3, 0.4) is 0 Å². The van der Waals surface area contributed by atoms with Crippen LogP contribution in [0.4, 0.5) is 14.5 Å². The molecule has 1 aromatic carbocycles. The number of alkyl halides is 2. The molecule has 1 N–H and O–H groups in total. The molecule has 37 heavy (non-hydrogen) atoms. The molecule has 5 rings (SSSR count). The fourth-order valence-corrected chi connectivity index (χ4v) is 6.06. The third-order valence-corrected chi connectivity index (χ3v) is 8.11. The topological polar surface area (TPSA) is 82.6 Å². The quantitative estimate of drug-likeness (QED) is 0.596. The van der Waals surface area contributed by atoms with E-state index < -0.39 is 23.4 Å². The monoisotopic (exact) mass is 530 g/mol. The zero-order chi connectivity index (χ0) is 26.3. The Morgan fingerprint density at radius 1 is 1.19 bits per heavy atom. The fraction of sp³-hybridized carbons (Fsp3) is 0.481. The number of para-hydroxylation sites is 1. The third-order valence-electron chi connectivity index (χ3n) is 7.90. The van der Waals surface area contributed by atoms with E-state index in [1.807, 2.05) is 36.1 Å². The first-order valence-corrected chi connectivity index (χ1v) is 13.0. The Hall–Kier alpha value is -3.07. The highest BCUT2D eigenvalue weighted by atomic mass is 35.5. The van der Waals surface area contributed by atoms with Crippen LogP contribution in [0, 0.1) is 5.92 Å². The van der Waals surface area contributed by atoms with Gasteiger partial charge in [-0.15, -0.1) is 0 Å². The maximum absolute atomic E-state index is 13.6. The lowest BCUT2D eigenvalue weighted by atomic mass is 9.74. The molecule has 1 aliphatic carbocycles. The molecule has 2 aliphatic heterocycles. The molecule has 0 atom stereocenters. The fourth-order valence-electron chi connectivity index (χ4n) is 5.91. The van der Waals surface area contributed by atoms with Gasteiger partial charge in [0.1, 0.15) is 11.1 Å². The molecule has 1 saturated heterocycles. The minimum atomic E-state index is -2.87. The molecule has 2 fully saturated rings. The second-order valence-corrected chi connectivity index (χ2v) is 10.6. The first-order valence-electron chi connectivity index (χ1n) is 12.7. The lowest BCUT2D eigenvalue weighted by Gasteiger charge is -2.47. The van der Waals surface area contributed by atoms with Gasteiger partial charge in [0.2, 0.25) is 11.8 Å². The van der Waals surface area contributed by atoms with Gasteiger partial charge in [-0.1, -0.05) is 36.7 Å². The molecule has 196 valence electrons. The summed E-state index contributed by atoms with van der Waals surface area (Å²) in [5, 5.41) is 2.98. The normalized spacial score (nSPS) is 22.2. The van der Waals surface area contributed by atoms with Crippen molar-refractivity contribution in [3.05, 3.63) is 58.4 Å². The maximum atomic E-state index is 13.6. The van der Waals surface area contributed by atoms with E-state index in [9.17, 15) is 23.2 Å². The van der Waals surface area contributed by atoms with Crippen molar-refractivity contribution >= 4 is 35.0 Å². The van der Waals surface area contributed by atoms with E-state index in [-0.39, 0.29) is 34.4 Å². The first kappa shape index (κ1) is 25.6. The number of anilines is 1. The van der Waals surface area contributed by atoms with Crippen molar-refractivity contribution in [3.63, 3.8) is 0 Å². The SMILES string of the molecule is CCC(=O)N1CC2(C1)C(=O)N(C[C@H]1CC[C@H](NC(=O)c3cc(Cl)cnc3C(F)F)CC1)c1ccccc12. The van der Waals surface area contributed by atoms with Crippen LogP contribution >= 0.6 is 11.6 Å². The van der Waals surface area contributed by atoms with E-state index >= 15 is 0 Å². The zero-order valence-corrected chi connectivity index (χ0v) is 21.3. The third kappa shape index (κ3) is 4.58. The van der Waals surface area contributed by atoms with Gasteiger partial charge in [0.25, 0.3) is 12.3 Å². The number of fused-ring (bicyclic) bond motifs is 2. The molecule has 0 unspecified atom stereocenters. The number of rotatable bonds is 6. The van der Waals surface area contributed by atoms with Crippen molar-refractivity contribution in [2.24, 2.45) is 5.92 Å². The van der Waals surface area contributed by atoms with Gasteiger partial charge in [0, 0.05) is 44.0 Å². The number of halogens is 3. The highest BCUT2D eigenvalue weighted by Crippen LogP contribution is 2.48. The number of pyridine rings is 1. The lowest BCUT2D eigenvalue weighted by molar-refractivity contribution is -0.143. The summed E-state index contributed by atoms with van der Waals surface area (Å²) >= 11 is 5.88. The van der Waals surface area contributed by atoms with Crippen molar-refractivity contribution in [3.8, 4) is 0 Å². The van der Waals surface area contributed by atoms with Crippen LogP contribution in [-0.4, -0.2) is 53.3 Å². The smallest absolute Gasteiger partial charge is 0.281 e. The standard InChI is InChI=1S/C27H29ClF2N4O3/c1-2-22(35)33-14-27(15-33)20-5-3-4-6-21(20)34(26(27)37)13-16-7-9-18(10-8-16)32-25(36)19-11-17(28)12-31-23(19)24(29)30/h3-6,11-12,16,18,24H,2,7-10,13-15H2,1H3,(H,32,36)/t16-,18-. The van der Waals surface area contributed by atoms with Gasteiger partial charge in [-0.25, -0.2) is 8.78 Å². The summed E-state index contributed by atoms with van der Waals surface area (Å²) in [6.07, 6.45) is 1.60. The van der Waals surface area contributed by atoms with Crippen molar-refractivity contribution in [2.45, 2.75) is 56.9 Å². The van der Waals surface area contributed by atoms with Gasteiger partial charge in [-0.2, -0.15) is 0 Å². The molecule has 1 saturated carbocycles. The van der Waals surface area contributed by atoms with Crippen molar-refractivity contribution in [1.29, 1.82) is 0 Å². The molecule has 10 heteroatoms. The molecule has 7 nitrogen and oxygen atoms in total. The summed E-state index contributed by atoms with van der Waals surface area (Å²) in [6, 6.07) is 8.89. The number of hydrogen-bond donors (Lipinski definition) is 1. The predicted molar refractivity (Wildman–Crippen MR) is 135 cm³/mol. The number of carbonyl (C=O) groups excluding carboxylic acids is 3. The van der Waals surface area contributed by atoms with E-state index in [1.54, 1.807) is 4.90 Å². The maximum Gasteiger partial charge on any atom is 0.281 e. The van der Waals surface area contributed by atoms with Crippen LogP contribution in [0.15, 0.2) is 36.5 Å². The minimum Gasteiger partial charge on any atom is -0.349 e. The molecule has 3 aliphatic rings. The van der Waals surface area contributed by atoms with E-state index in [4.69, 9.17) is 11.6 Å². The average Bonchev–Trinajstić information content (AvgIpc) is 3.11. The molecule has 2 aromatic rings. The van der Waals surface area contributed by atoms with E-state index in [1.165, 1.54) is 6.07 Å². The second-order valence-electron chi connectivity index (χ2n) is 10.2. The highest BCUT2D eigenvalue weighted by molar-refractivity contribution is 6.30. The van der Waals surface area contributed by atoms with Crippen LogP contribution in [-0.2, 0) is 15.0 Å². The predicted octanol–water partition coefficient (Wildman–Crippen LogP) is 4.50. The van der Waals surface area contributed by atoms with Gasteiger partial charge in [-0.05, 0) is 49.3 Å². The summed E-state index contributed by atoms with van der Waals surface area (Å²) in [5.74, 6) is -0.241. The van der Waals surface area contributed by atoms with Gasteiger partial charge < -0.3 is 15.1 Å². The number of benzene rings is 1. The summed E-state index contributed by atoms with van der Waals surface area (Å²) in [4.78, 5) is 45.7.